The maximum atomic E-state index is 10.5. The van der Waals surface area contributed by atoms with Gasteiger partial charge in [0.25, 0.3) is 0 Å². The number of rotatable bonds is 5. The third-order valence-corrected chi connectivity index (χ3v) is 2.30. The zero-order valence-corrected chi connectivity index (χ0v) is 11.2. The quantitative estimate of drug-likeness (QED) is 0.842. The van der Waals surface area contributed by atoms with Gasteiger partial charge in [-0.25, -0.2) is 4.79 Å². The van der Waals surface area contributed by atoms with Crippen molar-refractivity contribution in [1.82, 2.24) is 0 Å². The van der Waals surface area contributed by atoms with Crippen LogP contribution < -0.4 is 4.74 Å². The van der Waals surface area contributed by atoms with E-state index in [0.29, 0.717) is 20.8 Å². The standard InChI is InChI=1S/C12H10BrClO3/c1-8(13)7-17-12-9(5-6-11(15)16)3-2-4-10(12)14/h2-6H,1,7H2,(H,15,16)/b6-5+. The van der Waals surface area contributed by atoms with Crippen molar-refractivity contribution in [2.45, 2.75) is 0 Å². The highest BCUT2D eigenvalue weighted by atomic mass is 79.9. The normalized spacial score (nSPS) is 10.5. The van der Waals surface area contributed by atoms with Crippen LogP contribution in [0.5, 0.6) is 5.75 Å². The molecule has 0 radical (unpaired) electrons. The Bertz CT molecular complexity index is 469. The summed E-state index contributed by atoms with van der Waals surface area (Å²) in [7, 11) is 0. The van der Waals surface area contributed by atoms with E-state index in [-0.39, 0.29) is 6.61 Å². The van der Waals surface area contributed by atoms with E-state index in [1.807, 2.05) is 0 Å². The van der Waals surface area contributed by atoms with Gasteiger partial charge in [0.1, 0.15) is 12.4 Å². The Hall–Kier alpha value is -1.26. The number of para-hydroxylation sites is 1. The Morgan fingerprint density at radius 1 is 1.59 bits per heavy atom. The van der Waals surface area contributed by atoms with E-state index >= 15 is 0 Å². The van der Waals surface area contributed by atoms with Gasteiger partial charge >= 0.3 is 5.97 Å². The van der Waals surface area contributed by atoms with Crippen LogP contribution in [-0.2, 0) is 4.79 Å². The molecular formula is C12H10BrClO3. The molecule has 0 fully saturated rings. The molecule has 1 aromatic carbocycles. The van der Waals surface area contributed by atoms with Crippen molar-refractivity contribution in [2.24, 2.45) is 0 Å². The fourth-order valence-corrected chi connectivity index (χ4v) is 1.47. The zero-order chi connectivity index (χ0) is 12.8. The summed E-state index contributed by atoms with van der Waals surface area (Å²) in [6.07, 6.45) is 2.46. The molecule has 0 unspecified atom stereocenters. The van der Waals surface area contributed by atoms with Crippen LogP contribution in [0.25, 0.3) is 6.08 Å². The first kappa shape index (κ1) is 13.8. The smallest absolute Gasteiger partial charge is 0.328 e. The lowest BCUT2D eigenvalue weighted by molar-refractivity contribution is -0.131. The predicted molar refractivity (Wildman–Crippen MR) is 71.7 cm³/mol. The molecule has 1 N–H and O–H groups in total. The summed E-state index contributed by atoms with van der Waals surface area (Å²) in [5, 5.41) is 8.99. The molecule has 0 saturated carbocycles. The number of carboxylic acids is 1. The highest BCUT2D eigenvalue weighted by Gasteiger charge is 2.06. The van der Waals surface area contributed by atoms with Crippen LogP contribution in [0.15, 0.2) is 35.3 Å². The number of carboxylic acid groups (broad SMARTS) is 1. The zero-order valence-electron chi connectivity index (χ0n) is 8.82. The molecular weight excluding hydrogens is 307 g/mol. The molecule has 0 heterocycles. The number of hydrogen-bond acceptors (Lipinski definition) is 2. The number of hydrogen-bond donors (Lipinski definition) is 1. The van der Waals surface area contributed by atoms with Gasteiger partial charge in [-0.15, -0.1) is 0 Å². The highest BCUT2D eigenvalue weighted by Crippen LogP contribution is 2.30. The van der Waals surface area contributed by atoms with Gasteiger partial charge in [-0.05, 0) is 12.1 Å². The first-order valence-corrected chi connectivity index (χ1v) is 5.83. The third kappa shape index (κ3) is 4.63. The second-order valence-corrected chi connectivity index (χ2v) is 4.66. The Morgan fingerprint density at radius 3 is 2.88 bits per heavy atom. The van der Waals surface area contributed by atoms with Crippen LogP contribution in [0.4, 0.5) is 0 Å². The molecule has 0 amide bonds. The molecule has 90 valence electrons. The van der Waals surface area contributed by atoms with Crippen molar-refractivity contribution in [3.8, 4) is 5.75 Å². The van der Waals surface area contributed by atoms with Gasteiger partial charge in [0, 0.05) is 16.1 Å². The van der Waals surface area contributed by atoms with Crippen LogP contribution >= 0.6 is 27.5 Å². The highest BCUT2D eigenvalue weighted by molar-refractivity contribution is 9.11. The molecule has 0 saturated heterocycles. The van der Waals surface area contributed by atoms with Crippen molar-refractivity contribution in [1.29, 1.82) is 0 Å². The molecule has 17 heavy (non-hydrogen) atoms. The molecule has 0 atom stereocenters. The average Bonchev–Trinajstić information content (AvgIpc) is 2.24. The number of ether oxygens (including phenoxy) is 1. The number of halogens is 2. The lowest BCUT2D eigenvalue weighted by atomic mass is 10.2. The topological polar surface area (TPSA) is 46.5 Å². The first-order valence-electron chi connectivity index (χ1n) is 4.66. The lowest BCUT2D eigenvalue weighted by Gasteiger charge is -2.10. The second kappa shape index (κ2) is 6.47. The Labute approximate surface area is 112 Å². The van der Waals surface area contributed by atoms with Gasteiger partial charge < -0.3 is 9.84 Å². The van der Waals surface area contributed by atoms with Crippen molar-refractivity contribution >= 4 is 39.6 Å². The minimum absolute atomic E-state index is 0.262. The van der Waals surface area contributed by atoms with Crippen LogP contribution in [0.3, 0.4) is 0 Å². The third-order valence-electron chi connectivity index (χ3n) is 1.78. The summed E-state index contributed by atoms with van der Waals surface area (Å²) < 4.78 is 6.11. The van der Waals surface area contributed by atoms with E-state index in [9.17, 15) is 4.79 Å². The molecule has 0 bridgehead atoms. The number of benzene rings is 1. The summed E-state index contributed by atoms with van der Waals surface area (Å²) in [4.78, 5) is 10.5. The largest absolute Gasteiger partial charge is 0.486 e. The summed E-state index contributed by atoms with van der Waals surface area (Å²) >= 11 is 9.15. The van der Waals surface area contributed by atoms with Crippen LogP contribution in [0.1, 0.15) is 5.56 Å². The van der Waals surface area contributed by atoms with Gasteiger partial charge in [-0.2, -0.15) is 0 Å². The Balaban J connectivity index is 2.99. The molecule has 5 heteroatoms. The maximum absolute atomic E-state index is 10.5. The van der Waals surface area contributed by atoms with E-state index in [1.165, 1.54) is 6.08 Å². The fraction of sp³-hybridized carbons (Fsp3) is 0.0833. The van der Waals surface area contributed by atoms with E-state index in [2.05, 4.69) is 22.5 Å². The SMILES string of the molecule is C=C(Br)COc1c(Cl)cccc1/C=C/C(=O)O. The molecule has 0 aliphatic rings. The van der Waals surface area contributed by atoms with Crippen LogP contribution in [0.2, 0.25) is 5.02 Å². The van der Waals surface area contributed by atoms with Gasteiger partial charge in [-0.1, -0.05) is 46.2 Å². The average molecular weight is 318 g/mol. The Kier molecular flexibility index (Phi) is 5.25. The molecule has 0 aromatic heterocycles. The number of aliphatic carboxylic acids is 1. The fourth-order valence-electron chi connectivity index (χ4n) is 1.12. The van der Waals surface area contributed by atoms with E-state index in [0.717, 1.165) is 6.08 Å². The molecule has 1 aromatic rings. The van der Waals surface area contributed by atoms with Gasteiger partial charge in [0.2, 0.25) is 0 Å². The molecule has 3 nitrogen and oxygen atoms in total. The van der Waals surface area contributed by atoms with Crippen molar-refractivity contribution in [2.75, 3.05) is 6.61 Å². The van der Waals surface area contributed by atoms with E-state index < -0.39 is 5.97 Å². The van der Waals surface area contributed by atoms with Crippen molar-refractivity contribution in [3.05, 3.63) is 45.9 Å². The van der Waals surface area contributed by atoms with E-state index in [1.54, 1.807) is 18.2 Å². The minimum Gasteiger partial charge on any atom is -0.486 e. The van der Waals surface area contributed by atoms with Gasteiger partial charge in [-0.3, -0.25) is 0 Å². The molecule has 1 rings (SSSR count). The summed E-state index contributed by atoms with van der Waals surface area (Å²) in [5.74, 6) is -0.590. The van der Waals surface area contributed by atoms with Crippen LogP contribution in [0, 0.1) is 0 Å². The summed E-state index contributed by atoms with van der Waals surface area (Å²) in [6, 6.07) is 5.11. The minimum atomic E-state index is -1.03. The lowest BCUT2D eigenvalue weighted by Crippen LogP contribution is -1.98. The second-order valence-electron chi connectivity index (χ2n) is 3.14. The van der Waals surface area contributed by atoms with Crippen LogP contribution in [-0.4, -0.2) is 17.7 Å². The molecule has 0 aliphatic heterocycles. The maximum Gasteiger partial charge on any atom is 0.328 e. The monoisotopic (exact) mass is 316 g/mol. The molecule has 0 aliphatic carbocycles. The first-order chi connectivity index (χ1) is 8.00. The Morgan fingerprint density at radius 2 is 2.29 bits per heavy atom. The van der Waals surface area contributed by atoms with Crippen molar-refractivity contribution in [3.63, 3.8) is 0 Å². The summed E-state index contributed by atoms with van der Waals surface area (Å²) in [6.45, 7) is 3.90. The molecule has 0 spiro atoms. The van der Waals surface area contributed by atoms with E-state index in [4.69, 9.17) is 21.4 Å². The number of carbonyl (C=O) groups is 1. The van der Waals surface area contributed by atoms with Gasteiger partial charge in [0.05, 0.1) is 5.02 Å². The van der Waals surface area contributed by atoms with Crippen molar-refractivity contribution < 1.29 is 14.6 Å². The summed E-state index contributed by atoms with van der Waals surface area (Å²) in [5.41, 5.74) is 0.605. The van der Waals surface area contributed by atoms with Gasteiger partial charge in [0.15, 0.2) is 0 Å². The predicted octanol–water partition coefficient (Wildman–Crippen LogP) is 3.73.